The number of carbonyl (C=O) groups excluding carboxylic acids is 3. The Bertz CT molecular complexity index is 783. The van der Waals surface area contributed by atoms with Gasteiger partial charge in [-0.1, -0.05) is 202 Å². The molecule has 0 aromatic carbocycles. The van der Waals surface area contributed by atoms with Crippen molar-refractivity contribution in [2.24, 2.45) is 11.8 Å². The van der Waals surface area contributed by atoms with Gasteiger partial charge in [-0.2, -0.15) is 0 Å². The summed E-state index contributed by atoms with van der Waals surface area (Å²) < 4.78 is 16.7. The van der Waals surface area contributed by atoms with Crippen molar-refractivity contribution < 1.29 is 28.6 Å². The molecular weight excluding hydrogens is 636 g/mol. The van der Waals surface area contributed by atoms with E-state index in [0.717, 1.165) is 69.6 Å². The van der Waals surface area contributed by atoms with Gasteiger partial charge < -0.3 is 14.2 Å². The second kappa shape index (κ2) is 38.1. The van der Waals surface area contributed by atoms with E-state index in [1.807, 2.05) is 0 Å². The van der Waals surface area contributed by atoms with Crippen molar-refractivity contribution in [3.63, 3.8) is 0 Å². The van der Waals surface area contributed by atoms with Gasteiger partial charge in [0, 0.05) is 19.3 Å². The van der Waals surface area contributed by atoms with Gasteiger partial charge in [0.15, 0.2) is 6.10 Å². The third kappa shape index (κ3) is 36.6. The van der Waals surface area contributed by atoms with Gasteiger partial charge in [0.25, 0.3) is 0 Å². The highest BCUT2D eigenvalue weighted by atomic mass is 16.6. The Morgan fingerprint density at radius 2 is 0.686 bits per heavy atom. The molecule has 0 fully saturated rings. The minimum Gasteiger partial charge on any atom is -0.462 e. The normalized spacial score (nSPS) is 13.1. The highest BCUT2D eigenvalue weighted by molar-refractivity contribution is 5.71. The molecule has 0 amide bonds. The molecule has 0 aliphatic carbocycles. The van der Waals surface area contributed by atoms with Gasteiger partial charge in [-0.3, -0.25) is 14.4 Å². The van der Waals surface area contributed by atoms with Gasteiger partial charge in [-0.05, 0) is 31.1 Å². The van der Waals surface area contributed by atoms with E-state index >= 15 is 0 Å². The van der Waals surface area contributed by atoms with E-state index in [4.69, 9.17) is 14.2 Å². The molecule has 0 aliphatic rings. The molecule has 3 atom stereocenters. The van der Waals surface area contributed by atoms with Crippen LogP contribution in [0.3, 0.4) is 0 Å². The minimum atomic E-state index is -0.760. The number of hydrogen-bond donors (Lipinski definition) is 0. The van der Waals surface area contributed by atoms with E-state index in [9.17, 15) is 14.4 Å². The second-order valence-electron chi connectivity index (χ2n) is 15.8. The van der Waals surface area contributed by atoms with Crippen LogP contribution in [0, 0.1) is 11.8 Å². The molecule has 0 radical (unpaired) electrons. The summed E-state index contributed by atoms with van der Waals surface area (Å²) in [5, 5.41) is 0. The summed E-state index contributed by atoms with van der Waals surface area (Å²) in [4.78, 5) is 37.6. The lowest BCUT2D eigenvalue weighted by molar-refractivity contribution is -0.167. The maximum absolute atomic E-state index is 12.7. The SMILES string of the molecule is CCCCCCCCCCCCCC(=O)O[C@@H](COC(=O)CCCCCCCCCCC(C)CC)COC(=O)CCCCCCCCC(C)CC. The molecule has 0 saturated heterocycles. The summed E-state index contributed by atoms with van der Waals surface area (Å²) in [5.74, 6) is 0.799. The van der Waals surface area contributed by atoms with Crippen LogP contribution in [-0.2, 0) is 28.6 Å². The van der Waals surface area contributed by atoms with Crippen LogP contribution >= 0.6 is 0 Å². The molecule has 51 heavy (non-hydrogen) atoms. The lowest BCUT2D eigenvalue weighted by Crippen LogP contribution is -2.30. The Kier molecular flexibility index (Phi) is 37.0. The molecule has 0 aliphatic heterocycles. The van der Waals surface area contributed by atoms with Crippen molar-refractivity contribution in [3.8, 4) is 0 Å². The van der Waals surface area contributed by atoms with E-state index in [1.165, 1.54) is 128 Å². The molecule has 0 bridgehead atoms. The highest BCUT2D eigenvalue weighted by Crippen LogP contribution is 2.17. The zero-order valence-electron chi connectivity index (χ0n) is 34.7. The molecule has 0 N–H and O–H groups in total. The quantitative estimate of drug-likeness (QED) is 0.0357. The number of unbranched alkanes of at least 4 members (excludes halogenated alkanes) is 22. The zero-order valence-corrected chi connectivity index (χ0v) is 34.7. The fraction of sp³-hybridized carbons (Fsp3) is 0.933. The third-order valence-electron chi connectivity index (χ3n) is 10.7. The largest absolute Gasteiger partial charge is 0.462 e. The van der Waals surface area contributed by atoms with Crippen molar-refractivity contribution >= 4 is 17.9 Å². The molecule has 302 valence electrons. The minimum absolute atomic E-state index is 0.0661. The summed E-state index contributed by atoms with van der Waals surface area (Å²) >= 11 is 0. The van der Waals surface area contributed by atoms with Gasteiger partial charge in [0.1, 0.15) is 13.2 Å². The summed E-state index contributed by atoms with van der Waals surface area (Å²) in [7, 11) is 0. The maximum Gasteiger partial charge on any atom is 0.306 e. The molecule has 6 nitrogen and oxygen atoms in total. The predicted molar refractivity (Wildman–Crippen MR) is 215 cm³/mol. The molecule has 0 heterocycles. The van der Waals surface area contributed by atoms with Gasteiger partial charge in [-0.15, -0.1) is 0 Å². The predicted octanol–water partition coefficient (Wildman–Crippen LogP) is 13.8. The number of ether oxygens (including phenoxy) is 3. The van der Waals surface area contributed by atoms with Crippen molar-refractivity contribution in [1.29, 1.82) is 0 Å². The summed E-state index contributed by atoms with van der Waals surface area (Å²) in [6, 6.07) is 0. The molecule has 0 aromatic heterocycles. The van der Waals surface area contributed by atoms with Crippen LogP contribution in [0.5, 0.6) is 0 Å². The van der Waals surface area contributed by atoms with Crippen LogP contribution in [0.2, 0.25) is 0 Å². The van der Waals surface area contributed by atoms with Crippen molar-refractivity contribution in [2.75, 3.05) is 13.2 Å². The summed E-state index contributed by atoms with van der Waals surface area (Å²) in [6.45, 7) is 11.3. The van der Waals surface area contributed by atoms with Gasteiger partial charge in [0.05, 0.1) is 0 Å². The molecular formula is C45H86O6. The fourth-order valence-corrected chi connectivity index (χ4v) is 6.51. The van der Waals surface area contributed by atoms with Crippen LogP contribution in [0.25, 0.3) is 0 Å². The lowest BCUT2D eigenvalue weighted by Gasteiger charge is -2.18. The Morgan fingerprint density at radius 3 is 1.02 bits per heavy atom. The molecule has 6 heteroatoms. The van der Waals surface area contributed by atoms with Gasteiger partial charge >= 0.3 is 17.9 Å². The first kappa shape index (κ1) is 49.4. The zero-order chi connectivity index (χ0) is 37.6. The molecule has 0 aromatic rings. The Balaban J connectivity index is 4.36. The summed E-state index contributed by atoms with van der Waals surface area (Å²) in [6.07, 6.45) is 35.1. The van der Waals surface area contributed by atoms with E-state index in [2.05, 4.69) is 34.6 Å². The molecule has 0 saturated carbocycles. The monoisotopic (exact) mass is 723 g/mol. The van der Waals surface area contributed by atoms with Crippen LogP contribution in [0.4, 0.5) is 0 Å². The number of rotatable bonds is 39. The highest BCUT2D eigenvalue weighted by Gasteiger charge is 2.19. The lowest BCUT2D eigenvalue weighted by atomic mass is 9.99. The Labute approximate surface area is 317 Å². The first-order valence-corrected chi connectivity index (χ1v) is 22.3. The number of hydrogen-bond acceptors (Lipinski definition) is 6. The molecule has 0 rings (SSSR count). The van der Waals surface area contributed by atoms with E-state index in [1.54, 1.807) is 0 Å². The van der Waals surface area contributed by atoms with E-state index in [0.29, 0.717) is 19.3 Å². The topological polar surface area (TPSA) is 78.9 Å². The van der Waals surface area contributed by atoms with Crippen LogP contribution in [0.1, 0.15) is 240 Å². The van der Waals surface area contributed by atoms with Crippen LogP contribution < -0.4 is 0 Å². The van der Waals surface area contributed by atoms with E-state index < -0.39 is 6.10 Å². The van der Waals surface area contributed by atoms with E-state index in [-0.39, 0.29) is 31.1 Å². The Hall–Kier alpha value is -1.59. The molecule has 2 unspecified atom stereocenters. The Morgan fingerprint density at radius 1 is 0.392 bits per heavy atom. The van der Waals surface area contributed by atoms with Crippen LogP contribution in [0.15, 0.2) is 0 Å². The third-order valence-corrected chi connectivity index (χ3v) is 10.7. The van der Waals surface area contributed by atoms with Crippen molar-refractivity contribution in [1.82, 2.24) is 0 Å². The van der Waals surface area contributed by atoms with Gasteiger partial charge in [0.2, 0.25) is 0 Å². The smallest absolute Gasteiger partial charge is 0.306 e. The second-order valence-corrected chi connectivity index (χ2v) is 15.8. The first-order valence-electron chi connectivity index (χ1n) is 22.3. The average Bonchev–Trinajstić information content (AvgIpc) is 3.13. The summed E-state index contributed by atoms with van der Waals surface area (Å²) in [5.41, 5.74) is 0. The molecule has 0 spiro atoms. The number of carbonyl (C=O) groups is 3. The van der Waals surface area contributed by atoms with Crippen LogP contribution in [-0.4, -0.2) is 37.2 Å². The fourth-order valence-electron chi connectivity index (χ4n) is 6.51. The first-order chi connectivity index (χ1) is 24.8. The van der Waals surface area contributed by atoms with Crippen molar-refractivity contribution in [3.05, 3.63) is 0 Å². The van der Waals surface area contributed by atoms with Gasteiger partial charge in [-0.25, -0.2) is 0 Å². The standard InChI is InChI=1S/C45H86O6/c1-6-9-10-11-12-13-14-15-20-27-32-37-45(48)51-42(39-50-44(47)36-31-26-22-21-24-29-34-41(5)8-3)38-49-43(46)35-30-25-19-17-16-18-23-28-33-40(4)7-2/h40-42H,6-39H2,1-5H3/t40?,41?,42-/m0/s1. The maximum atomic E-state index is 12.7. The average molecular weight is 723 g/mol. The van der Waals surface area contributed by atoms with Crippen molar-refractivity contribution in [2.45, 2.75) is 246 Å². The number of esters is 3.